The molecule has 2 amide bonds. The lowest BCUT2D eigenvalue weighted by Gasteiger charge is -2.08. The summed E-state index contributed by atoms with van der Waals surface area (Å²) in [5.74, 6) is -0.954. The molecule has 0 saturated heterocycles. The van der Waals surface area contributed by atoms with Gasteiger partial charge in [-0.25, -0.2) is 9.37 Å². The first kappa shape index (κ1) is 18.5. The molecule has 136 valence electrons. The average Bonchev–Trinajstić information content (AvgIpc) is 3.16. The van der Waals surface area contributed by atoms with Gasteiger partial charge >= 0.3 is 0 Å². The molecule has 0 aliphatic rings. The minimum Gasteiger partial charge on any atom is -0.355 e. The van der Waals surface area contributed by atoms with E-state index in [9.17, 15) is 14.0 Å². The minimum atomic E-state index is -0.373. The summed E-state index contributed by atoms with van der Waals surface area (Å²) in [6.45, 7) is 0. The van der Waals surface area contributed by atoms with Crippen molar-refractivity contribution in [1.82, 2.24) is 10.3 Å². The van der Waals surface area contributed by atoms with Gasteiger partial charge in [0.1, 0.15) is 10.8 Å². The predicted octanol–water partition coefficient (Wildman–Crippen LogP) is 3.96. The van der Waals surface area contributed by atoms with Gasteiger partial charge in [-0.3, -0.25) is 9.59 Å². The predicted molar refractivity (Wildman–Crippen MR) is 105 cm³/mol. The van der Waals surface area contributed by atoms with Gasteiger partial charge < -0.3 is 10.6 Å². The van der Waals surface area contributed by atoms with Crippen LogP contribution in [0.5, 0.6) is 0 Å². The van der Waals surface area contributed by atoms with E-state index in [1.807, 2.05) is 0 Å². The van der Waals surface area contributed by atoms with Crippen LogP contribution in [0, 0.1) is 5.82 Å². The highest BCUT2D eigenvalue weighted by molar-refractivity contribution is 7.13. The zero-order valence-corrected chi connectivity index (χ0v) is 15.2. The molecule has 0 spiro atoms. The number of nitrogens with one attached hydrogen (secondary N) is 2. The molecule has 0 aliphatic carbocycles. The van der Waals surface area contributed by atoms with Gasteiger partial charge in [-0.05, 0) is 42.5 Å². The van der Waals surface area contributed by atoms with Crippen LogP contribution in [0.3, 0.4) is 0 Å². The third-order valence-electron chi connectivity index (χ3n) is 3.68. The molecule has 0 fully saturated rings. The highest BCUT2D eigenvalue weighted by atomic mass is 32.1. The van der Waals surface area contributed by atoms with E-state index in [0.717, 1.165) is 10.6 Å². The normalized spacial score (nSPS) is 10.7. The first-order valence-corrected chi connectivity index (χ1v) is 8.96. The van der Waals surface area contributed by atoms with Gasteiger partial charge in [0.05, 0.1) is 16.9 Å². The van der Waals surface area contributed by atoms with Gasteiger partial charge in [0, 0.05) is 24.1 Å². The van der Waals surface area contributed by atoms with Crippen LogP contribution in [-0.4, -0.2) is 23.8 Å². The summed E-state index contributed by atoms with van der Waals surface area (Å²) in [5.41, 5.74) is 2.24. The van der Waals surface area contributed by atoms with Crippen LogP contribution in [0.25, 0.3) is 16.6 Å². The first-order chi connectivity index (χ1) is 13.1. The topological polar surface area (TPSA) is 71.1 Å². The van der Waals surface area contributed by atoms with E-state index in [1.54, 1.807) is 47.9 Å². The number of carbonyl (C=O) groups is 2. The number of hydrogen-bond acceptors (Lipinski definition) is 4. The Morgan fingerprint density at radius 2 is 1.85 bits per heavy atom. The number of anilines is 1. The van der Waals surface area contributed by atoms with Crippen molar-refractivity contribution >= 4 is 34.9 Å². The monoisotopic (exact) mass is 381 g/mol. The second kappa shape index (κ2) is 8.37. The van der Waals surface area contributed by atoms with Gasteiger partial charge in [-0.1, -0.05) is 12.1 Å². The van der Waals surface area contributed by atoms with E-state index in [4.69, 9.17) is 0 Å². The Morgan fingerprint density at radius 3 is 2.59 bits per heavy atom. The molecule has 0 atom stereocenters. The van der Waals surface area contributed by atoms with E-state index in [2.05, 4.69) is 15.6 Å². The number of halogens is 1. The van der Waals surface area contributed by atoms with Crippen LogP contribution in [0.2, 0.25) is 0 Å². The standard InChI is InChI=1S/C20H16FN3O2S/c1-22-19(26)16-4-2-3-5-17(16)24-18(25)11-10-15-12-27-20(23-15)13-6-8-14(21)9-7-13/h2-12H,1H3,(H,22,26)(H,24,25)/b11-10+. The number of nitrogens with zero attached hydrogens (tertiary/aromatic N) is 1. The van der Waals surface area contributed by atoms with Gasteiger partial charge in [0.2, 0.25) is 5.91 Å². The zero-order chi connectivity index (χ0) is 19.2. The van der Waals surface area contributed by atoms with Crippen molar-refractivity contribution in [2.45, 2.75) is 0 Å². The van der Waals surface area contributed by atoms with Crippen LogP contribution in [0.4, 0.5) is 10.1 Å². The van der Waals surface area contributed by atoms with Crippen LogP contribution < -0.4 is 10.6 Å². The van der Waals surface area contributed by atoms with E-state index in [-0.39, 0.29) is 17.6 Å². The van der Waals surface area contributed by atoms with Crippen molar-refractivity contribution in [2.24, 2.45) is 0 Å². The molecule has 0 aliphatic heterocycles. The third-order valence-corrected chi connectivity index (χ3v) is 4.58. The van der Waals surface area contributed by atoms with E-state index >= 15 is 0 Å². The fourth-order valence-corrected chi connectivity index (χ4v) is 3.14. The maximum Gasteiger partial charge on any atom is 0.253 e. The lowest BCUT2D eigenvalue weighted by atomic mass is 10.1. The summed E-state index contributed by atoms with van der Waals surface area (Å²) in [6.07, 6.45) is 2.94. The Hall–Kier alpha value is -3.32. The highest BCUT2D eigenvalue weighted by Crippen LogP contribution is 2.24. The number of thiazole rings is 1. The molecule has 0 unspecified atom stereocenters. The lowest BCUT2D eigenvalue weighted by Crippen LogP contribution is -2.20. The molecule has 0 saturated carbocycles. The SMILES string of the molecule is CNC(=O)c1ccccc1NC(=O)/C=C/c1csc(-c2ccc(F)cc2)n1. The average molecular weight is 381 g/mol. The molecular weight excluding hydrogens is 365 g/mol. The Labute approximate surface area is 159 Å². The van der Waals surface area contributed by atoms with Crippen molar-refractivity contribution in [2.75, 3.05) is 12.4 Å². The second-order valence-electron chi connectivity index (χ2n) is 5.53. The summed E-state index contributed by atoms with van der Waals surface area (Å²) >= 11 is 1.40. The third kappa shape index (κ3) is 4.65. The number of amides is 2. The van der Waals surface area contributed by atoms with Crippen LogP contribution >= 0.6 is 11.3 Å². The number of benzene rings is 2. The molecule has 5 nitrogen and oxygen atoms in total. The Balaban J connectivity index is 1.69. The first-order valence-electron chi connectivity index (χ1n) is 8.08. The number of aromatic nitrogens is 1. The summed E-state index contributed by atoms with van der Waals surface area (Å²) in [6, 6.07) is 12.8. The van der Waals surface area contributed by atoms with Crippen LogP contribution in [0.15, 0.2) is 60.0 Å². The maximum atomic E-state index is 13.0. The molecule has 3 aromatic rings. The van der Waals surface area contributed by atoms with Crippen molar-refractivity contribution < 1.29 is 14.0 Å². The number of rotatable bonds is 5. The van der Waals surface area contributed by atoms with Crippen molar-refractivity contribution in [3.63, 3.8) is 0 Å². The lowest BCUT2D eigenvalue weighted by molar-refractivity contribution is -0.111. The van der Waals surface area contributed by atoms with Crippen molar-refractivity contribution in [1.29, 1.82) is 0 Å². The van der Waals surface area contributed by atoms with Gasteiger partial charge in [-0.15, -0.1) is 11.3 Å². The van der Waals surface area contributed by atoms with Crippen molar-refractivity contribution in [3.05, 3.63) is 77.1 Å². The number of hydrogen-bond donors (Lipinski definition) is 2. The molecule has 2 aromatic carbocycles. The fraction of sp³-hybridized carbons (Fsp3) is 0.0500. The van der Waals surface area contributed by atoms with Crippen LogP contribution in [0.1, 0.15) is 16.1 Å². The molecule has 3 rings (SSSR count). The van der Waals surface area contributed by atoms with Crippen molar-refractivity contribution in [3.8, 4) is 10.6 Å². The van der Waals surface area contributed by atoms with E-state index in [1.165, 1.54) is 36.6 Å². The summed E-state index contributed by atoms with van der Waals surface area (Å²) in [5, 5.41) is 7.76. The molecular formula is C20H16FN3O2S. The van der Waals surface area contributed by atoms with Gasteiger partial charge in [-0.2, -0.15) is 0 Å². The van der Waals surface area contributed by atoms with E-state index in [0.29, 0.717) is 16.9 Å². The molecule has 1 aromatic heterocycles. The smallest absolute Gasteiger partial charge is 0.253 e. The molecule has 0 radical (unpaired) electrons. The summed E-state index contributed by atoms with van der Waals surface area (Å²) < 4.78 is 13.0. The molecule has 7 heteroatoms. The molecule has 2 N–H and O–H groups in total. The maximum absolute atomic E-state index is 13.0. The Kier molecular flexibility index (Phi) is 5.73. The largest absolute Gasteiger partial charge is 0.355 e. The zero-order valence-electron chi connectivity index (χ0n) is 14.4. The number of para-hydroxylation sites is 1. The molecule has 0 bridgehead atoms. The number of carbonyl (C=O) groups excluding carboxylic acids is 2. The van der Waals surface area contributed by atoms with E-state index < -0.39 is 0 Å². The summed E-state index contributed by atoms with van der Waals surface area (Å²) in [7, 11) is 1.53. The molecule has 27 heavy (non-hydrogen) atoms. The Morgan fingerprint density at radius 1 is 1.11 bits per heavy atom. The quantitative estimate of drug-likeness (QED) is 0.657. The summed E-state index contributed by atoms with van der Waals surface area (Å²) in [4.78, 5) is 28.4. The second-order valence-corrected chi connectivity index (χ2v) is 6.39. The minimum absolute atomic E-state index is 0.279. The highest BCUT2D eigenvalue weighted by Gasteiger charge is 2.10. The van der Waals surface area contributed by atoms with Gasteiger partial charge in [0.25, 0.3) is 5.91 Å². The Bertz CT molecular complexity index is 996. The van der Waals surface area contributed by atoms with Gasteiger partial charge in [0.15, 0.2) is 0 Å². The molecule has 1 heterocycles. The fourth-order valence-electron chi connectivity index (χ4n) is 2.35. The van der Waals surface area contributed by atoms with Crippen LogP contribution in [-0.2, 0) is 4.79 Å².